The van der Waals surface area contributed by atoms with Gasteiger partial charge < -0.3 is 5.43 Å². The minimum atomic E-state index is -0.258. The van der Waals surface area contributed by atoms with Crippen LogP contribution in [0.15, 0.2) is 48.5 Å². The van der Waals surface area contributed by atoms with E-state index in [1.165, 1.54) is 24.3 Å². The minimum absolute atomic E-state index is 0.226. The minimum Gasteiger partial charge on any atom is -0.321 e. The van der Waals surface area contributed by atoms with Crippen molar-refractivity contribution in [3.8, 4) is 0 Å². The third-order valence-electron chi connectivity index (χ3n) is 2.53. The van der Waals surface area contributed by atoms with Crippen LogP contribution in [0.3, 0.4) is 0 Å². The fraction of sp³-hybridized carbons (Fsp3) is 0.143. The van der Waals surface area contributed by atoms with Crippen molar-refractivity contribution in [2.75, 3.05) is 12.0 Å². The van der Waals surface area contributed by atoms with E-state index in [1.54, 1.807) is 24.3 Å². The van der Waals surface area contributed by atoms with Gasteiger partial charge in [-0.25, -0.2) is 14.2 Å². The molecule has 0 radical (unpaired) electrons. The predicted octanol–water partition coefficient (Wildman–Crippen LogP) is 3.12. The summed E-state index contributed by atoms with van der Waals surface area (Å²) in [5, 5.41) is 0. The van der Waals surface area contributed by atoms with Crippen molar-refractivity contribution in [2.24, 2.45) is 0 Å². The van der Waals surface area contributed by atoms with Crippen LogP contribution in [0.4, 0.5) is 14.5 Å². The van der Waals surface area contributed by atoms with Gasteiger partial charge >= 0.3 is 0 Å². The van der Waals surface area contributed by atoms with Gasteiger partial charge in [-0.2, -0.15) is 0 Å². The lowest BCUT2D eigenvalue weighted by Gasteiger charge is -2.08. The zero-order chi connectivity index (χ0) is 12.8. The van der Waals surface area contributed by atoms with E-state index in [-0.39, 0.29) is 11.6 Å². The second-order valence-electron chi connectivity index (χ2n) is 3.94. The van der Waals surface area contributed by atoms with Crippen LogP contribution in [-0.4, -0.2) is 6.54 Å². The Morgan fingerprint density at radius 1 is 0.778 bits per heavy atom. The number of halogens is 2. The van der Waals surface area contributed by atoms with Gasteiger partial charge in [0.2, 0.25) is 0 Å². The first kappa shape index (κ1) is 12.5. The zero-order valence-corrected chi connectivity index (χ0v) is 9.79. The van der Waals surface area contributed by atoms with Gasteiger partial charge in [0.1, 0.15) is 11.6 Å². The van der Waals surface area contributed by atoms with Crippen LogP contribution in [0.1, 0.15) is 5.56 Å². The van der Waals surface area contributed by atoms with Gasteiger partial charge in [0.05, 0.1) is 0 Å². The molecule has 0 aliphatic rings. The second kappa shape index (κ2) is 6.12. The maximum absolute atomic E-state index is 12.7. The number of nitrogens with one attached hydrogen (secondary N) is 2. The Labute approximate surface area is 105 Å². The van der Waals surface area contributed by atoms with E-state index in [1.807, 2.05) is 0 Å². The normalized spacial score (nSPS) is 10.3. The Bertz CT molecular complexity index is 433. The first-order chi connectivity index (χ1) is 8.74. The predicted molar refractivity (Wildman–Crippen MR) is 68.1 cm³/mol. The molecule has 18 heavy (non-hydrogen) atoms. The van der Waals surface area contributed by atoms with E-state index in [0.717, 1.165) is 17.7 Å². The first-order valence-corrected chi connectivity index (χ1v) is 5.73. The zero-order valence-electron chi connectivity index (χ0n) is 9.79. The second-order valence-corrected chi connectivity index (χ2v) is 3.94. The van der Waals surface area contributed by atoms with Crippen molar-refractivity contribution in [2.45, 2.75) is 6.42 Å². The number of benzene rings is 2. The SMILES string of the molecule is Fc1ccc(CCNNc2ccc(F)cc2)cc1. The lowest BCUT2D eigenvalue weighted by atomic mass is 10.1. The number of hydrogen-bond acceptors (Lipinski definition) is 2. The van der Waals surface area contributed by atoms with E-state index >= 15 is 0 Å². The lowest BCUT2D eigenvalue weighted by Crippen LogP contribution is -2.24. The number of hydrazine groups is 1. The van der Waals surface area contributed by atoms with E-state index in [4.69, 9.17) is 0 Å². The van der Waals surface area contributed by atoms with Gasteiger partial charge in [-0.1, -0.05) is 12.1 Å². The average Bonchev–Trinajstić information content (AvgIpc) is 2.39. The standard InChI is InChI=1S/C14H14F2N2/c15-12-3-1-11(2-4-12)9-10-17-18-14-7-5-13(16)6-8-14/h1-8,17-18H,9-10H2. The molecule has 2 N–H and O–H groups in total. The van der Waals surface area contributed by atoms with Crippen LogP contribution in [0.2, 0.25) is 0 Å². The quantitative estimate of drug-likeness (QED) is 0.627. The Hall–Kier alpha value is -1.94. The van der Waals surface area contributed by atoms with Crippen molar-refractivity contribution >= 4 is 5.69 Å². The van der Waals surface area contributed by atoms with Crippen LogP contribution in [0.25, 0.3) is 0 Å². The molecule has 0 atom stereocenters. The van der Waals surface area contributed by atoms with Gasteiger partial charge in [0.15, 0.2) is 0 Å². The van der Waals surface area contributed by atoms with Crippen molar-refractivity contribution in [3.63, 3.8) is 0 Å². The molecule has 0 aromatic heterocycles. The highest BCUT2D eigenvalue weighted by molar-refractivity contribution is 5.41. The number of rotatable bonds is 5. The summed E-state index contributed by atoms with van der Waals surface area (Å²) in [6.07, 6.45) is 0.786. The Balaban J connectivity index is 1.73. The van der Waals surface area contributed by atoms with Gasteiger partial charge in [0, 0.05) is 12.2 Å². The van der Waals surface area contributed by atoms with Crippen molar-refractivity contribution in [3.05, 3.63) is 65.7 Å². The topological polar surface area (TPSA) is 24.1 Å². The molecule has 0 aliphatic carbocycles. The lowest BCUT2D eigenvalue weighted by molar-refractivity contribution is 0.626. The smallest absolute Gasteiger partial charge is 0.123 e. The third kappa shape index (κ3) is 3.82. The molecule has 0 saturated heterocycles. The molecule has 0 heterocycles. The van der Waals surface area contributed by atoms with Gasteiger partial charge in [0.25, 0.3) is 0 Å². The van der Waals surface area contributed by atoms with Crippen LogP contribution >= 0.6 is 0 Å². The third-order valence-corrected chi connectivity index (χ3v) is 2.53. The molecule has 94 valence electrons. The molecule has 0 bridgehead atoms. The highest BCUT2D eigenvalue weighted by atomic mass is 19.1. The summed E-state index contributed by atoms with van der Waals surface area (Å²) in [7, 11) is 0. The summed E-state index contributed by atoms with van der Waals surface area (Å²) in [6.45, 7) is 0.697. The van der Waals surface area contributed by atoms with Crippen LogP contribution in [0, 0.1) is 11.6 Å². The molecule has 2 aromatic rings. The van der Waals surface area contributed by atoms with Crippen molar-refractivity contribution in [1.29, 1.82) is 0 Å². The largest absolute Gasteiger partial charge is 0.321 e. The van der Waals surface area contributed by atoms with E-state index in [9.17, 15) is 8.78 Å². The maximum atomic E-state index is 12.7. The molecule has 2 rings (SSSR count). The molecule has 0 spiro atoms. The highest BCUT2D eigenvalue weighted by Crippen LogP contribution is 2.07. The van der Waals surface area contributed by atoms with Crippen molar-refractivity contribution in [1.82, 2.24) is 5.43 Å². The maximum Gasteiger partial charge on any atom is 0.123 e. The molecule has 4 heteroatoms. The number of hydrogen-bond donors (Lipinski definition) is 2. The Morgan fingerprint density at radius 2 is 1.33 bits per heavy atom. The van der Waals surface area contributed by atoms with Crippen molar-refractivity contribution < 1.29 is 8.78 Å². The molecule has 0 unspecified atom stereocenters. The number of anilines is 1. The summed E-state index contributed by atoms with van der Waals surface area (Å²) < 4.78 is 25.3. The molecule has 0 saturated carbocycles. The molecule has 0 amide bonds. The van der Waals surface area contributed by atoms with Crippen LogP contribution in [-0.2, 0) is 6.42 Å². The molecule has 0 aliphatic heterocycles. The van der Waals surface area contributed by atoms with E-state index in [0.29, 0.717) is 6.54 Å². The van der Waals surface area contributed by atoms with E-state index < -0.39 is 0 Å². The molecular weight excluding hydrogens is 234 g/mol. The summed E-state index contributed by atoms with van der Waals surface area (Å²) >= 11 is 0. The van der Waals surface area contributed by atoms with Crippen LogP contribution in [0.5, 0.6) is 0 Å². The summed E-state index contributed by atoms with van der Waals surface area (Å²) in [6, 6.07) is 12.5. The monoisotopic (exact) mass is 248 g/mol. The summed E-state index contributed by atoms with van der Waals surface area (Å²) in [4.78, 5) is 0. The fourth-order valence-corrected chi connectivity index (χ4v) is 1.56. The summed E-state index contributed by atoms with van der Waals surface area (Å²) in [5.74, 6) is -0.483. The fourth-order valence-electron chi connectivity index (χ4n) is 1.56. The molecule has 2 nitrogen and oxygen atoms in total. The Morgan fingerprint density at radius 3 is 1.94 bits per heavy atom. The Kier molecular flexibility index (Phi) is 4.25. The van der Waals surface area contributed by atoms with Gasteiger partial charge in [-0.3, -0.25) is 0 Å². The summed E-state index contributed by atoms with van der Waals surface area (Å²) in [5.41, 5.74) is 7.84. The van der Waals surface area contributed by atoms with Crippen LogP contribution < -0.4 is 10.9 Å². The first-order valence-electron chi connectivity index (χ1n) is 5.73. The van der Waals surface area contributed by atoms with Gasteiger partial charge in [-0.05, 0) is 48.4 Å². The van der Waals surface area contributed by atoms with Gasteiger partial charge in [-0.15, -0.1) is 0 Å². The average molecular weight is 248 g/mol. The van der Waals surface area contributed by atoms with E-state index in [2.05, 4.69) is 10.9 Å². The molecule has 2 aromatic carbocycles. The molecular formula is C14H14F2N2. The highest BCUT2D eigenvalue weighted by Gasteiger charge is 1.95. The molecule has 0 fully saturated rings.